The first-order valence-corrected chi connectivity index (χ1v) is 9.35. The second kappa shape index (κ2) is 7.31. The zero-order chi connectivity index (χ0) is 18.8. The van der Waals surface area contributed by atoms with E-state index in [9.17, 15) is 14.7 Å². The van der Waals surface area contributed by atoms with Crippen LogP contribution in [0.4, 0.5) is 11.4 Å². The first kappa shape index (κ1) is 17.4. The Morgan fingerprint density at radius 3 is 2.30 bits per heavy atom. The maximum Gasteiger partial charge on any atom is 0.254 e. The molecule has 140 valence electrons. The number of phenolic OH excluding ortho intramolecular Hbond substituents is 1. The van der Waals surface area contributed by atoms with E-state index in [1.165, 1.54) is 0 Å². The van der Waals surface area contributed by atoms with E-state index in [0.717, 1.165) is 37.4 Å². The van der Waals surface area contributed by atoms with Crippen molar-refractivity contribution in [3.8, 4) is 5.75 Å². The summed E-state index contributed by atoms with van der Waals surface area (Å²) in [5.74, 6) is 0.389. The predicted molar refractivity (Wildman–Crippen MR) is 104 cm³/mol. The molecular weight excluding hydrogens is 342 g/mol. The van der Waals surface area contributed by atoms with E-state index in [2.05, 4.69) is 4.90 Å². The van der Waals surface area contributed by atoms with Crippen LogP contribution in [0.25, 0.3) is 0 Å². The molecule has 0 radical (unpaired) electrons. The predicted octanol–water partition coefficient (Wildman–Crippen LogP) is 2.48. The summed E-state index contributed by atoms with van der Waals surface area (Å²) in [7, 11) is 0. The molecule has 27 heavy (non-hydrogen) atoms. The molecule has 0 atom stereocenters. The molecule has 2 aliphatic heterocycles. The SMILES string of the molecule is O=C(c1cccc(N2CCCC2=O)c1)N1CCN(c2ccc(O)cc2)CC1. The molecule has 0 unspecified atom stereocenters. The normalized spacial score (nSPS) is 17.5. The molecule has 2 heterocycles. The van der Waals surface area contributed by atoms with Crippen molar-refractivity contribution in [2.24, 2.45) is 0 Å². The zero-order valence-electron chi connectivity index (χ0n) is 15.2. The fraction of sp³-hybridized carbons (Fsp3) is 0.333. The number of hydrogen-bond acceptors (Lipinski definition) is 4. The Labute approximate surface area is 158 Å². The number of nitrogens with zero attached hydrogens (tertiary/aromatic N) is 3. The van der Waals surface area contributed by atoms with E-state index in [1.807, 2.05) is 41.3 Å². The van der Waals surface area contributed by atoms with Crippen molar-refractivity contribution >= 4 is 23.2 Å². The highest BCUT2D eigenvalue weighted by atomic mass is 16.3. The van der Waals surface area contributed by atoms with Crippen LogP contribution in [0.5, 0.6) is 5.75 Å². The molecule has 2 saturated heterocycles. The number of anilines is 2. The van der Waals surface area contributed by atoms with E-state index in [1.54, 1.807) is 17.0 Å². The molecule has 0 saturated carbocycles. The van der Waals surface area contributed by atoms with Crippen molar-refractivity contribution < 1.29 is 14.7 Å². The lowest BCUT2D eigenvalue weighted by atomic mass is 10.1. The van der Waals surface area contributed by atoms with Gasteiger partial charge in [0.05, 0.1) is 0 Å². The van der Waals surface area contributed by atoms with Gasteiger partial charge < -0.3 is 19.8 Å². The number of aromatic hydroxyl groups is 1. The summed E-state index contributed by atoms with van der Waals surface area (Å²) < 4.78 is 0. The maximum atomic E-state index is 12.9. The van der Waals surface area contributed by atoms with E-state index in [4.69, 9.17) is 0 Å². The molecule has 2 aromatic rings. The number of carbonyl (C=O) groups is 2. The van der Waals surface area contributed by atoms with Crippen molar-refractivity contribution in [2.45, 2.75) is 12.8 Å². The Morgan fingerprint density at radius 1 is 0.889 bits per heavy atom. The standard InChI is InChI=1S/C21H23N3O3/c25-19-8-6-17(7-9-19)22-11-13-23(14-12-22)21(27)16-3-1-4-18(15-16)24-10-2-5-20(24)26/h1,3-4,6-9,15,25H,2,5,10-14H2. The van der Waals surface area contributed by atoms with Gasteiger partial charge >= 0.3 is 0 Å². The summed E-state index contributed by atoms with van der Waals surface area (Å²) in [6.07, 6.45) is 1.45. The molecule has 0 bridgehead atoms. The highest BCUT2D eigenvalue weighted by molar-refractivity contribution is 5.99. The van der Waals surface area contributed by atoms with Gasteiger partial charge in [0.1, 0.15) is 5.75 Å². The highest BCUT2D eigenvalue weighted by Crippen LogP contribution is 2.24. The Bertz CT molecular complexity index is 842. The van der Waals surface area contributed by atoms with Gasteiger partial charge in [-0.1, -0.05) is 6.07 Å². The Balaban J connectivity index is 1.42. The number of phenols is 1. The molecular formula is C21H23N3O3. The summed E-state index contributed by atoms with van der Waals surface area (Å²) >= 11 is 0. The van der Waals surface area contributed by atoms with E-state index < -0.39 is 0 Å². The molecule has 2 aromatic carbocycles. The smallest absolute Gasteiger partial charge is 0.254 e. The molecule has 2 aliphatic rings. The van der Waals surface area contributed by atoms with Crippen molar-refractivity contribution in [3.05, 3.63) is 54.1 Å². The lowest BCUT2D eigenvalue weighted by Crippen LogP contribution is -2.48. The lowest BCUT2D eigenvalue weighted by Gasteiger charge is -2.36. The molecule has 0 aromatic heterocycles. The van der Waals surface area contributed by atoms with Gasteiger partial charge in [-0.15, -0.1) is 0 Å². The number of carbonyl (C=O) groups excluding carboxylic acids is 2. The van der Waals surface area contributed by atoms with E-state index >= 15 is 0 Å². The van der Waals surface area contributed by atoms with Gasteiger partial charge in [0.15, 0.2) is 0 Å². The Kier molecular flexibility index (Phi) is 4.71. The van der Waals surface area contributed by atoms with Crippen LogP contribution in [0.3, 0.4) is 0 Å². The third-order valence-corrected chi connectivity index (χ3v) is 5.26. The summed E-state index contributed by atoms with van der Waals surface area (Å²) in [6.45, 7) is 3.52. The van der Waals surface area contributed by atoms with E-state index in [-0.39, 0.29) is 17.6 Å². The fourth-order valence-corrected chi connectivity index (χ4v) is 3.74. The van der Waals surface area contributed by atoms with Crippen LogP contribution in [0.2, 0.25) is 0 Å². The third kappa shape index (κ3) is 3.60. The van der Waals surface area contributed by atoms with Crippen LogP contribution in [0.15, 0.2) is 48.5 Å². The lowest BCUT2D eigenvalue weighted by molar-refractivity contribution is -0.117. The number of hydrogen-bond donors (Lipinski definition) is 1. The minimum absolute atomic E-state index is 0.00820. The minimum atomic E-state index is 0.00820. The van der Waals surface area contributed by atoms with Crippen molar-refractivity contribution in [1.29, 1.82) is 0 Å². The van der Waals surface area contributed by atoms with Crippen LogP contribution in [0.1, 0.15) is 23.2 Å². The van der Waals surface area contributed by atoms with Crippen molar-refractivity contribution in [2.75, 3.05) is 42.5 Å². The molecule has 1 N–H and O–H groups in total. The van der Waals surface area contributed by atoms with Gasteiger partial charge in [0.25, 0.3) is 5.91 Å². The van der Waals surface area contributed by atoms with Crippen LogP contribution in [-0.4, -0.2) is 54.5 Å². The number of benzene rings is 2. The van der Waals surface area contributed by atoms with Crippen molar-refractivity contribution in [1.82, 2.24) is 4.90 Å². The van der Waals surface area contributed by atoms with Crippen LogP contribution >= 0.6 is 0 Å². The molecule has 6 nitrogen and oxygen atoms in total. The van der Waals surface area contributed by atoms with Gasteiger partial charge in [-0.2, -0.15) is 0 Å². The van der Waals surface area contributed by atoms with Gasteiger partial charge in [0, 0.05) is 56.1 Å². The average molecular weight is 365 g/mol. The fourth-order valence-electron chi connectivity index (χ4n) is 3.74. The van der Waals surface area contributed by atoms with Gasteiger partial charge in [-0.3, -0.25) is 9.59 Å². The number of amides is 2. The second-order valence-electron chi connectivity index (χ2n) is 6.99. The number of rotatable bonds is 3. The highest BCUT2D eigenvalue weighted by Gasteiger charge is 2.25. The molecule has 0 spiro atoms. The molecule has 6 heteroatoms. The monoisotopic (exact) mass is 365 g/mol. The van der Waals surface area contributed by atoms with Gasteiger partial charge in [-0.05, 0) is 48.9 Å². The molecule has 4 rings (SSSR count). The molecule has 2 fully saturated rings. The zero-order valence-corrected chi connectivity index (χ0v) is 15.2. The summed E-state index contributed by atoms with van der Waals surface area (Å²) in [4.78, 5) is 30.7. The minimum Gasteiger partial charge on any atom is -0.508 e. The molecule has 2 amide bonds. The van der Waals surface area contributed by atoms with Crippen LogP contribution in [-0.2, 0) is 4.79 Å². The third-order valence-electron chi connectivity index (χ3n) is 5.26. The van der Waals surface area contributed by atoms with Crippen molar-refractivity contribution in [3.63, 3.8) is 0 Å². The first-order chi connectivity index (χ1) is 13.1. The quantitative estimate of drug-likeness (QED) is 0.908. The average Bonchev–Trinajstić information content (AvgIpc) is 3.14. The maximum absolute atomic E-state index is 12.9. The Hall–Kier alpha value is -3.02. The first-order valence-electron chi connectivity index (χ1n) is 9.35. The summed E-state index contributed by atoms with van der Waals surface area (Å²) in [5, 5.41) is 9.42. The van der Waals surface area contributed by atoms with E-state index in [0.29, 0.717) is 25.1 Å². The van der Waals surface area contributed by atoms with Crippen LogP contribution < -0.4 is 9.80 Å². The largest absolute Gasteiger partial charge is 0.508 e. The number of piperazine rings is 1. The summed E-state index contributed by atoms with van der Waals surface area (Å²) in [6, 6.07) is 14.5. The van der Waals surface area contributed by atoms with Gasteiger partial charge in [-0.25, -0.2) is 0 Å². The molecule has 0 aliphatic carbocycles. The Morgan fingerprint density at radius 2 is 1.63 bits per heavy atom. The second-order valence-corrected chi connectivity index (χ2v) is 6.99. The van der Waals surface area contributed by atoms with Crippen LogP contribution in [0, 0.1) is 0 Å². The summed E-state index contributed by atoms with van der Waals surface area (Å²) in [5.41, 5.74) is 2.49. The van der Waals surface area contributed by atoms with Gasteiger partial charge in [0.2, 0.25) is 5.91 Å². The topological polar surface area (TPSA) is 64.1 Å².